The summed E-state index contributed by atoms with van der Waals surface area (Å²) in [6.45, 7) is 7.71. The number of hydrogen-bond acceptors (Lipinski definition) is 6. The van der Waals surface area contributed by atoms with Crippen molar-refractivity contribution in [3.63, 3.8) is 0 Å². The van der Waals surface area contributed by atoms with E-state index in [1.807, 2.05) is 13.0 Å². The molecule has 1 fully saturated rings. The van der Waals surface area contributed by atoms with Gasteiger partial charge in [0.1, 0.15) is 5.82 Å². The molecule has 3 aromatic rings. The Labute approximate surface area is 162 Å². The zero-order chi connectivity index (χ0) is 18.6. The van der Waals surface area contributed by atoms with Gasteiger partial charge in [-0.15, -0.1) is 11.3 Å². The van der Waals surface area contributed by atoms with E-state index in [1.54, 1.807) is 23.5 Å². The van der Waals surface area contributed by atoms with Crippen molar-refractivity contribution >= 4 is 11.3 Å². The highest BCUT2D eigenvalue weighted by molar-refractivity contribution is 7.15. The summed E-state index contributed by atoms with van der Waals surface area (Å²) in [5.41, 5.74) is 0.946. The van der Waals surface area contributed by atoms with Crippen LogP contribution in [0.15, 0.2) is 40.9 Å². The molecule has 0 unspecified atom stereocenters. The molecule has 0 radical (unpaired) electrons. The van der Waals surface area contributed by atoms with Gasteiger partial charge >= 0.3 is 0 Å². The normalized spacial score (nSPS) is 16.1. The highest BCUT2D eigenvalue weighted by atomic mass is 32.1. The van der Waals surface area contributed by atoms with Crippen LogP contribution in [0.3, 0.4) is 0 Å². The second-order valence-electron chi connectivity index (χ2n) is 6.79. The first-order valence-corrected chi connectivity index (χ1v) is 10.1. The molecule has 0 aliphatic carbocycles. The number of hydrogen-bond donors (Lipinski definition) is 0. The third-order valence-corrected chi connectivity index (χ3v) is 5.92. The number of aromatic nitrogens is 2. The standard InChI is InChI=1S/C20H23FN4OS/c1-2-19-22-20(26-23-19)14-25-10-8-24(9-11-25)13-17-6-7-18(27-17)15-4-3-5-16(21)12-15/h3-7,12H,2,8-11,13-14H2,1H3. The van der Waals surface area contributed by atoms with Gasteiger partial charge in [0.25, 0.3) is 0 Å². The van der Waals surface area contributed by atoms with Crippen LogP contribution in [0, 0.1) is 5.82 Å². The van der Waals surface area contributed by atoms with E-state index in [9.17, 15) is 4.39 Å². The molecule has 2 aromatic heterocycles. The maximum atomic E-state index is 13.4. The average molecular weight is 386 g/mol. The first-order chi connectivity index (χ1) is 13.2. The Bertz CT molecular complexity index is 886. The lowest BCUT2D eigenvalue weighted by Crippen LogP contribution is -2.45. The summed E-state index contributed by atoms with van der Waals surface area (Å²) in [6, 6.07) is 11.0. The van der Waals surface area contributed by atoms with Crippen molar-refractivity contribution in [2.45, 2.75) is 26.4 Å². The molecule has 142 valence electrons. The average Bonchev–Trinajstić information content (AvgIpc) is 3.33. The molecular weight excluding hydrogens is 363 g/mol. The summed E-state index contributed by atoms with van der Waals surface area (Å²) < 4.78 is 18.7. The van der Waals surface area contributed by atoms with E-state index in [0.29, 0.717) is 5.89 Å². The monoisotopic (exact) mass is 386 g/mol. The van der Waals surface area contributed by atoms with Gasteiger partial charge in [-0.3, -0.25) is 9.80 Å². The Morgan fingerprint density at radius 1 is 1.07 bits per heavy atom. The van der Waals surface area contributed by atoms with Gasteiger partial charge in [0.15, 0.2) is 5.82 Å². The molecule has 0 saturated carbocycles. The quantitative estimate of drug-likeness (QED) is 0.644. The highest BCUT2D eigenvalue weighted by Gasteiger charge is 2.19. The third-order valence-electron chi connectivity index (χ3n) is 4.80. The predicted octanol–water partition coefficient (Wildman–Crippen LogP) is 3.82. The molecule has 0 spiro atoms. The molecule has 5 nitrogen and oxygen atoms in total. The van der Waals surface area contributed by atoms with Crippen LogP contribution in [-0.4, -0.2) is 46.1 Å². The van der Waals surface area contributed by atoms with Gasteiger partial charge in [-0.1, -0.05) is 24.2 Å². The molecule has 3 heterocycles. The summed E-state index contributed by atoms with van der Waals surface area (Å²) in [5.74, 6) is 1.29. The molecule has 7 heteroatoms. The summed E-state index contributed by atoms with van der Waals surface area (Å²) in [7, 11) is 0. The molecule has 0 amide bonds. The van der Waals surface area contributed by atoms with Crippen LogP contribution in [0.2, 0.25) is 0 Å². The van der Waals surface area contributed by atoms with Gasteiger partial charge < -0.3 is 4.52 Å². The smallest absolute Gasteiger partial charge is 0.240 e. The van der Waals surface area contributed by atoms with E-state index in [-0.39, 0.29) is 5.82 Å². The van der Waals surface area contributed by atoms with E-state index in [1.165, 1.54) is 10.9 Å². The second kappa shape index (κ2) is 8.29. The maximum absolute atomic E-state index is 13.4. The van der Waals surface area contributed by atoms with Crippen LogP contribution in [0.1, 0.15) is 23.5 Å². The van der Waals surface area contributed by atoms with Crippen LogP contribution < -0.4 is 0 Å². The maximum Gasteiger partial charge on any atom is 0.240 e. The lowest BCUT2D eigenvalue weighted by Gasteiger charge is -2.33. The van der Waals surface area contributed by atoms with E-state index in [2.05, 4.69) is 32.1 Å². The molecule has 4 rings (SSSR count). The van der Waals surface area contributed by atoms with Crippen LogP contribution in [0.4, 0.5) is 4.39 Å². The largest absolute Gasteiger partial charge is 0.338 e. The van der Waals surface area contributed by atoms with Crippen LogP contribution in [0.25, 0.3) is 10.4 Å². The number of thiophene rings is 1. The van der Waals surface area contributed by atoms with Crippen molar-refractivity contribution in [1.29, 1.82) is 0 Å². The van der Waals surface area contributed by atoms with Crippen LogP contribution in [-0.2, 0) is 19.5 Å². The van der Waals surface area contributed by atoms with Gasteiger partial charge in [-0.05, 0) is 29.8 Å². The number of nitrogens with zero attached hydrogens (tertiary/aromatic N) is 4. The van der Waals surface area contributed by atoms with Crippen molar-refractivity contribution in [3.8, 4) is 10.4 Å². The molecule has 0 bridgehead atoms. The Morgan fingerprint density at radius 3 is 2.56 bits per heavy atom. The highest BCUT2D eigenvalue weighted by Crippen LogP contribution is 2.29. The first-order valence-electron chi connectivity index (χ1n) is 9.30. The lowest BCUT2D eigenvalue weighted by molar-refractivity contribution is 0.113. The SMILES string of the molecule is CCc1noc(CN2CCN(Cc3ccc(-c4cccc(F)c4)s3)CC2)n1. The van der Waals surface area contributed by atoms with Gasteiger partial charge in [0, 0.05) is 48.9 Å². The second-order valence-corrected chi connectivity index (χ2v) is 7.95. The topological polar surface area (TPSA) is 45.4 Å². The predicted molar refractivity (Wildman–Crippen MR) is 104 cm³/mol. The van der Waals surface area contributed by atoms with Crippen LogP contribution in [0.5, 0.6) is 0 Å². The zero-order valence-corrected chi connectivity index (χ0v) is 16.2. The lowest BCUT2D eigenvalue weighted by atomic mass is 10.2. The number of piperazine rings is 1. The summed E-state index contributed by atoms with van der Waals surface area (Å²) in [4.78, 5) is 11.6. The fraction of sp³-hybridized carbons (Fsp3) is 0.400. The van der Waals surface area contributed by atoms with E-state index in [4.69, 9.17) is 4.52 Å². The van der Waals surface area contributed by atoms with Crippen molar-refractivity contribution < 1.29 is 8.91 Å². The van der Waals surface area contributed by atoms with Gasteiger partial charge in [0.2, 0.25) is 5.89 Å². The molecule has 1 aliphatic heterocycles. The van der Waals surface area contributed by atoms with Crippen molar-refractivity contribution in [3.05, 3.63) is 58.8 Å². The first kappa shape index (κ1) is 18.3. The number of rotatable bonds is 6. The molecule has 27 heavy (non-hydrogen) atoms. The van der Waals surface area contributed by atoms with Gasteiger partial charge in [0.05, 0.1) is 6.54 Å². The molecule has 0 atom stereocenters. The molecule has 1 aromatic carbocycles. The Kier molecular flexibility index (Phi) is 5.61. The minimum absolute atomic E-state index is 0.189. The number of halogens is 1. The minimum atomic E-state index is -0.189. The molecule has 1 aliphatic rings. The molecule has 1 saturated heterocycles. The van der Waals surface area contributed by atoms with Crippen LogP contribution >= 0.6 is 11.3 Å². The minimum Gasteiger partial charge on any atom is -0.338 e. The Morgan fingerprint density at radius 2 is 1.85 bits per heavy atom. The number of benzene rings is 1. The van der Waals surface area contributed by atoms with Crippen molar-refractivity contribution in [2.75, 3.05) is 26.2 Å². The van der Waals surface area contributed by atoms with Crippen molar-refractivity contribution in [1.82, 2.24) is 19.9 Å². The Balaban J connectivity index is 1.29. The summed E-state index contributed by atoms with van der Waals surface area (Å²) in [5, 5.41) is 3.96. The fourth-order valence-corrected chi connectivity index (χ4v) is 4.32. The summed E-state index contributed by atoms with van der Waals surface area (Å²) in [6.07, 6.45) is 0.801. The Hall–Kier alpha value is -2.09. The van der Waals surface area contributed by atoms with E-state index >= 15 is 0 Å². The van der Waals surface area contributed by atoms with Gasteiger partial charge in [-0.25, -0.2) is 4.39 Å². The fourth-order valence-electron chi connectivity index (χ4n) is 3.27. The molecule has 0 N–H and O–H groups in total. The summed E-state index contributed by atoms with van der Waals surface area (Å²) >= 11 is 1.74. The molecular formula is C20H23FN4OS. The third kappa shape index (κ3) is 4.61. The van der Waals surface area contributed by atoms with Crippen molar-refractivity contribution in [2.24, 2.45) is 0 Å². The zero-order valence-electron chi connectivity index (χ0n) is 15.4. The van der Waals surface area contributed by atoms with E-state index < -0.39 is 0 Å². The van der Waals surface area contributed by atoms with Gasteiger partial charge in [-0.2, -0.15) is 4.98 Å². The van der Waals surface area contributed by atoms with E-state index in [0.717, 1.165) is 62.0 Å². The number of aryl methyl sites for hydroxylation is 1.